The largest absolute Gasteiger partial charge is 0.295 e. The molecule has 0 saturated carbocycles. The van der Waals surface area contributed by atoms with Crippen molar-refractivity contribution in [2.45, 2.75) is 25.8 Å². The fraction of sp³-hybridized carbons (Fsp3) is 0.267. The molecule has 1 aromatic carbocycles. The molecule has 2 amide bonds. The maximum absolute atomic E-state index is 12.5. The highest BCUT2D eigenvalue weighted by Gasteiger charge is 2.30. The van der Waals surface area contributed by atoms with E-state index in [9.17, 15) is 14.4 Å². The monoisotopic (exact) mass is 296 g/mol. The molecule has 1 aliphatic heterocycles. The second-order valence-electron chi connectivity index (χ2n) is 4.91. The zero-order valence-corrected chi connectivity index (χ0v) is 11.8. The molecule has 1 atom stereocenters. The lowest BCUT2D eigenvalue weighted by Gasteiger charge is -2.21. The summed E-state index contributed by atoms with van der Waals surface area (Å²) in [4.78, 5) is 35.5. The Bertz CT molecular complexity index is 904. The van der Waals surface area contributed by atoms with Crippen LogP contribution in [0.25, 0.3) is 10.9 Å². The normalized spacial score (nSPS) is 17.8. The van der Waals surface area contributed by atoms with Crippen LogP contribution >= 0.6 is 0 Å². The number of hydrogen-bond donors (Lipinski definition) is 1. The first-order valence-corrected chi connectivity index (χ1v) is 6.76. The predicted molar refractivity (Wildman–Crippen MR) is 77.8 cm³/mol. The SMILES string of the molecule is CC#Cc1ccc2c(=O)n(C3CCC(=O)NC3=O)nnc2c1. The minimum absolute atomic E-state index is 0.174. The number of carbonyl (C=O) groups excluding carboxylic acids is 2. The van der Waals surface area contributed by atoms with Gasteiger partial charge in [-0.3, -0.25) is 19.7 Å². The highest BCUT2D eigenvalue weighted by Crippen LogP contribution is 2.16. The first-order valence-electron chi connectivity index (χ1n) is 6.76. The van der Waals surface area contributed by atoms with E-state index in [1.807, 2.05) is 0 Å². The van der Waals surface area contributed by atoms with Crippen LogP contribution in [0.15, 0.2) is 23.0 Å². The summed E-state index contributed by atoms with van der Waals surface area (Å²) in [6.45, 7) is 1.72. The zero-order valence-electron chi connectivity index (χ0n) is 11.8. The Balaban J connectivity index is 2.08. The molecule has 1 fully saturated rings. The van der Waals surface area contributed by atoms with E-state index < -0.39 is 17.5 Å². The molecule has 2 aromatic rings. The molecule has 1 unspecified atom stereocenters. The summed E-state index contributed by atoms with van der Waals surface area (Å²) in [5, 5.41) is 10.4. The minimum atomic E-state index is -0.808. The lowest BCUT2D eigenvalue weighted by Crippen LogP contribution is -2.45. The van der Waals surface area contributed by atoms with Crippen molar-refractivity contribution < 1.29 is 9.59 Å². The summed E-state index contributed by atoms with van der Waals surface area (Å²) < 4.78 is 1.04. The van der Waals surface area contributed by atoms with Crippen molar-refractivity contribution in [2.24, 2.45) is 0 Å². The third-order valence-corrected chi connectivity index (χ3v) is 3.46. The highest BCUT2D eigenvalue weighted by molar-refractivity contribution is 5.99. The van der Waals surface area contributed by atoms with Gasteiger partial charge in [-0.15, -0.1) is 11.0 Å². The van der Waals surface area contributed by atoms with Crippen LogP contribution in [0.5, 0.6) is 0 Å². The van der Waals surface area contributed by atoms with Gasteiger partial charge in [-0.25, -0.2) is 0 Å². The zero-order chi connectivity index (χ0) is 15.7. The fourth-order valence-electron chi connectivity index (χ4n) is 2.40. The van der Waals surface area contributed by atoms with Gasteiger partial charge in [-0.1, -0.05) is 11.1 Å². The van der Waals surface area contributed by atoms with Gasteiger partial charge < -0.3 is 0 Å². The Kier molecular flexibility index (Phi) is 3.43. The van der Waals surface area contributed by atoms with E-state index in [-0.39, 0.29) is 18.7 Å². The fourth-order valence-corrected chi connectivity index (χ4v) is 2.40. The summed E-state index contributed by atoms with van der Waals surface area (Å²) in [5.74, 6) is 4.78. The number of nitrogens with zero attached hydrogens (tertiary/aromatic N) is 3. The highest BCUT2D eigenvalue weighted by atomic mass is 16.2. The lowest BCUT2D eigenvalue weighted by atomic mass is 10.1. The summed E-state index contributed by atoms with van der Waals surface area (Å²) in [5.41, 5.74) is 0.756. The van der Waals surface area contributed by atoms with Crippen LogP contribution < -0.4 is 10.9 Å². The molecule has 22 heavy (non-hydrogen) atoms. The van der Waals surface area contributed by atoms with Gasteiger partial charge in [0.1, 0.15) is 11.6 Å². The number of aromatic nitrogens is 3. The van der Waals surface area contributed by atoms with Crippen LogP contribution in [-0.2, 0) is 9.59 Å². The Labute approximate surface area is 125 Å². The standard InChI is InChI=1S/C15H12N4O3/c1-2-3-9-4-5-10-11(8-9)17-18-19(15(10)22)12-6-7-13(20)16-14(12)21/h4-5,8,12H,6-7H2,1H3,(H,16,20,21). The second kappa shape index (κ2) is 5.41. The molecule has 0 spiro atoms. The molecule has 2 heterocycles. The molecule has 1 aliphatic rings. The summed E-state index contributed by atoms with van der Waals surface area (Å²) in [7, 11) is 0. The Morgan fingerprint density at radius 2 is 2.14 bits per heavy atom. The van der Waals surface area contributed by atoms with Crippen LogP contribution in [0.3, 0.4) is 0 Å². The number of imide groups is 1. The number of hydrogen-bond acceptors (Lipinski definition) is 5. The number of amides is 2. The van der Waals surface area contributed by atoms with Crippen molar-refractivity contribution in [3.8, 4) is 11.8 Å². The number of piperidine rings is 1. The van der Waals surface area contributed by atoms with Crippen molar-refractivity contribution in [1.29, 1.82) is 0 Å². The number of fused-ring (bicyclic) bond motifs is 1. The molecule has 3 rings (SSSR count). The van der Waals surface area contributed by atoms with Gasteiger partial charge in [0.2, 0.25) is 5.91 Å². The van der Waals surface area contributed by atoms with Crippen molar-refractivity contribution in [1.82, 2.24) is 20.3 Å². The molecule has 7 nitrogen and oxygen atoms in total. The molecule has 1 N–H and O–H groups in total. The van der Waals surface area contributed by atoms with Crippen molar-refractivity contribution in [3.05, 3.63) is 34.1 Å². The molecule has 0 radical (unpaired) electrons. The minimum Gasteiger partial charge on any atom is -0.295 e. The van der Waals surface area contributed by atoms with Crippen LogP contribution in [0.4, 0.5) is 0 Å². The third kappa shape index (κ3) is 2.35. The smallest absolute Gasteiger partial charge is 0.278 e. The van der Waals surface area contributed by atoms with Crippen LogP contribution in [0.1, 0.15) is 31.4 Å². The van der Waals surface area contributed by atoms with E-state index in [0.717, 1.165) is 10.2 Å². The average Bonchev–Trinajstić information content (AvgIpc) is 2.49. The number of nitrogens with one attached hydrogen (secondary N) is 1. The molecular formula is C15H12N4O3. The predicted octanol–water partition coefficient (Wildman–Crippen LogP) is 0.141. The third-order valence-electron chi connectivity index (χ3n) is 3.46. The van der Waals surface area contributed by atoms with Gasteiger partial charge in [0.15, 0.2) is 0 Å². The van der Waals surface area contributed by atoms with Crippen molar-refractivity contribution in [2.75, 3.05) is 0 Å². The first-order chi connectivity index (χ1) is 10.6. The molecule has 7 heteroatoms. The van der Waals surface area contributed by atoms with E-state index in [1.165, 1.54) is 0 Å². The van der Waals surface area contributed by atoms with Gasteiger partial charge >= 0.3 is 0 Å². The first kappa shape index (κ1) is 13.9. The Morgan fingerprint density at radius 3 is 2.86 bits per heavy atom. The van der Waals surface area contributed by atoms with Gasteiger partial charge in [0, 0.05) is 12.0 Å². The van der Waals surface area contributed by atoms with E-state index in [4.69, 9.17) is 0 Å². The molecule has 1 aromatic heterocycles. The molecule has 0 aliphatic carbocycles. The van der Waals surface area contributed by atoms with Gasteiger partial charge in [-0.2, -0.15) is 4.68 Å². The second-order valence-corrected chi connectivity index (χ2v) is 4.91. The summed E-state index contributed by atoms with van der Waals surface area (Å²) >= 11 is 0. The van der Waals surface area contributed by atoms with E-state index in [0.29, 0.717) is 10.9 Å². The molecule has 0 bridgehead atoms. The summed E-state index contributed by atoms with van der Waals surface area (Å²) in [6.07, 6.45) is 0.414. The molecule has 1 saturated heterocycles. The van der Waals surface area contributed by atoms with E-state index >= 15 is 0 Å². The number of benzene rings is 1. The van der Waals surface area contributed by atoms with Crippen molar-refractivity contribution >= 4 is 22.7 Å². The molecule has 110 valence electrons. The number of carbonyl (C=O) groups is 2. The van der Waals surface area contributed by atoms with Gasteiger partial charge in [-0.05, 0) is 31.5 Å². The summed E-state index contributed by atoms with van der Waals surface area (Å²) in [6, 6.07) is 4.21. The molecular weight excluding hydrogens is 284 g/mol. The quantitative estimate of drug-likeness (QED) is 0.597. The van der Waals surface area contributed by atoms with E-state index in [2.05, 4.69) is 27.5 Å². The Morgan fingerprint density at radius 1 is 1.32 bits per heavy atom. The topological polar surface area (TPSA) is 94.0 Å². The van der Waals surface area contributed by atoms with Gasteiger partial charge in [0.05, 0.1) is 5.39 Å². The van der Waals surface area contributed by atoms with Crippen LogP contribution in [-0.4, -0.2) is 26.8 Å². The Hall–Kier alpha value is -3.01. The van der Waals surface area contributed by atoms with Crippen LogP contribution in [0.2, 0.25) is 0 Å². The lowest BCUT2D eigenvalue weighted by molar-refractivity contribution is -0.136. The maximum atomic E-state index is 12.5. The maximum Gasteiger partial charge on any atom is 0.278 e. The van der Waals surface area contributed by atoms with E-state index in [1.54, 1.807) is 25.1 Å². The van der Waals surface area contributed by atoms with Crippen LogP contribution in [0, 0.1) is 11.8 Å². The van der Waals surface area contributed by atoms with Crippen molar-refractivity contribution in [3.63, 3.8) is 0 Å². The number of rotatable bonds is 1. The van der Waals surface area contributed by atoms with Gasteiger partial charge in [0.25, 0.3) is 11.5 Å². The average molecular weight is 296 g/mol.